The van der Waals surface area contributed by atoms with Gasteiger partial charge < -0.3 is 14.9 Å². The van der Waals surface area contributed by atoms with Crippen molar-refractivity contribution in [2.45, 2.75) is 32.1 Å². The van der Waals surface area contributed by atoms with Gasteiger partial charge in [0, 0.05) is 24.5 Å². The number of piperidine rings is 1. The number of benzene rings is 2. The van der Waals surface area contributed by atoms with E-state index in [1.165, 1.54) is 11.4 Å². The maximum absolute atomic E-state index is 11.2. The lowest BCUT2D eigenvalue weighted by molar-refractivity contribution is -0.143. The van der Waals surface area contributed by atoms with Crippen molar-refractivity contribution in [3.8, 4) is 0 Å². The molecule has 0 aromatic heterocycles. The summed E-state index contributed by atoms with van der Waals surface area (Å²) in [5.41, 5.74) is 2.45. The van der Waals surface area contributed by atoms with Crippen LogP contribution in [0.15, 0.2) is 60.7 Å². The molecule has 0 radical (unpaired) electrons. The lowest BCUT2D eigenvalue weighted by Crippen LogP contribution is -2.39. The van der Waals surface area contributed by atoms with Gasteiger partial charge in [-0.05, 0) is 63.0 Å². The van der Waals surface area contributed by atoms with Crippen molar-refractivity contribution in [2.75, 3.05) is 31.1 Å². The second-order valence-electron chi connectivity index (χ2n) is 7.36. The maximum atomic E-state index is 11.2. The van der Waals surface area contributed by atoms with E-state index in [-0.39, 0.29) is 5.92 Å². The SMILES string of the molecule is O=C(O)[C@@H]1CCCN(CCCCCN(c2ccccc2)c2ccccc2)C1. The molecule has 1 aliphatic rings. The molecule has 1 N–H and O–H groups in total. The molecule has 1 heterocycles. The van der Waals surface area contributed by atoms with Crippen LogP contribution in [0.5, 0.6) is 0 Å². The minimum absolute atomic E-state index is 0.176. The van der Waals surface area contributed by atoms with Gasteiger partial charge in [0.25, 0.3) is 0 Å². The molecule has 1 atom stereocenters. The molecule has 0 unspecified atom stereocenters. The fraction of sp³-hybridized carbons (Fsp3) is 0.435. The summed E-state index contributed by atoms with van der Waals surface area (Å²) < 4.78 is 0. The van der Waals surface area contributed by atoms with Gasteiger partial charge in [-0.15, -0.1) is 0 Å². The largest absolute Gasteiger partial charge is 0.481 e. The van der Waals surface area contributed by atoms with E-state index in [0.717, 1.165) is 58.3 Å². The van der Waals surface area contributed by atoms with Crippen LogP contribution in [0, 0.1) is 5.92 Å². The van der Waals surface area contributed by atoms with Crippen LogP contribution in [0.4, 0.5) is 11.4 Å². The van der Waals surface area contributed by atoms with Crippen LogP contribution < -0.4 is 4.90 Å². The number of carbonyl (C=O) groups is 1. The molecule has 1 aliphatic heterocycles. The van der Waals surface area contributed by atoms with E-state index in [4.69, 9.17) is 0 Å². The molecule has 3 rings (SSSR count). The molecule has 2 aromatic rings. The van der Waals surface area contributed by atoms with Gasteiger partial charge in [-0.2, -0.15) is 0 Å². The number of nitrogens with zero attached hydrogens (tertiary/aromatic N) is 2. The molecule has 0 amide bonds. The van der Waals surface area contributed by atoms with E-state index in [0.29, 0.717) is 0 Å². The summed E-state index contributed by atoms with van der Waals surface area (Å²) in [6, 6.07) is 21.1. The van der Waals surface area contributed by atoms with Gasteiger partial charge in [0.05, 0.1) is 5.92 Å². The third-order valence-electron chi connectivity index (χ3n) is 5.35. The number of unbranched alkanes of at least 4 members (excludes halogenated alkanes) is 2. The first-order valence-electron chi connectivity index (χ1n) is 10.1. The molecule has 1 fully saturated rings. The molecule has 0 spiro atoms. The monoisotopic (exact) mass is 366 g/mol. The highest BCUT2D eigenvalue weighted by molar-refractivity contribution is 5.70. The van der Waals surface area contributed by atoms with Crippen molar-refractivity contribution in [1.82, 2.24) is 4.90 Å². The molecular formula is C23H30N2O2. The summed E-state index contributed by atoms with van der Waals surface area (Å²) in [6.07, 6.45) is 5.25. The van der Waals surface area contributed by atoms with Crippen molar-refractivity contribution in [1.29, 1.82) is 0 Å². The summed E-state index contributed by atoms with van der Waals surface area (Å²) in [7, 11) is 0. The van der Waals surface area contributed by atoms with Gasteiger partial charge in [-0.25, -0.2) is 0 Å². The number of rotatable bonds is 9. The number of carboxylic acid groups (broad SMARTS) is 1. The van der Waals surface area contributed by atoms with E-state index in [9.17, 15) is 9.90 Å². The predicted molar refractivity (Wildman–Crippen MR) is 111 cm³/mol. The molecule has 27 heavy (non-hydrogen) atoms. The maximum Gasteiger partial charge on any atom is 0.307 e. The lowest BCUT2D eigenvalue weighted by atomic mass is 9.98. The molecule has 0 bridgehead atoms. The number of likely N-dealkylation sites (tertiary alicyclic amines) is 1. The molecule has 0 aliphatic carbocycles. The Morgan fingerprint density at radius 2 is 1.59 bits per heavy atom. The second-order valence-corrected chi connectivity index (χ2v) is 7.36. The highest BCUT2D eigenvalue weighted by Gasteiger charge is 2.24. The Labute approximate surface area is 162 Å². The first kappa shape index (κ1) is 19.4. The minimum Gasteiger partial charge on any atom is -0.481 e. The van der Waals surface area contributed by atoms with E-state index in [1.54, 1.807) is 0 Å². The van der Waals surface area contributed by atoms with E-state index < -0.39 is 5.97 Å². The highest BCUT2D eigenvalue weighted by atomic mass is 16.4. The zero-order valence-corrected chi connectivity index (χ0v) is 16.0. The third kappa shape index (κ3) is 5.83. The molecular weight excluding hydrogens is 336 g/mol. The Balaban J connectivity index is 1.46. The zero-order chi connectivity index (χ0) is 18.9. The Morgan fingerprint density at radius 1 is 0.963 bits per heavy atom. The summed E-state index contributed by atoms with van der Waals surface area (Å²) in [4.78, 5) is 15.9. The van der Waals surface area contributed by atoms with Crippen LogP contribution in [-0.4, -0.2) is 42.2 Å². The lowest BCUT2D eigenvalue weighted by Gasteiger charge is -2.30. The number of para-hydroxylation sites is 2. The zero-order valence-electron chi connectivity index (χ0n) is 16.0. The molecule has 0 saturated carbocycles. The Kier molecular flexibility index (Phi) is 7.28. The quantitative estimate of drug-likeness (QED) is 0.648. The van der Waals surface area contributed by atoms with Crippen molar-refractivity contribution in [3.63, 3.8) is 0 Å². The van der Waals surface area contributed by atoms with Crippen LogP contribution in [0.3, 0.4) is 0 Å². The average Bonchev–Trinajstić information content (AvgIpc) is 2.72. The predicted octanol–water partition coefficient (Wildman–Crippen LogP) is 4.79. The van der Waals surface area contributed by atoms with Crippen LogP contribution in [0.1, 0.15) is 32.1 Å². The van der Waals surface area contributed by atoms with Gasteiger partial charge in [0.1, 0.15) is 0 Å². The topological polar surface area (TPSA) is 43.8 Å². The van der Waals surface area contributed by atoms with E-state index >= 15 is 0 Å². The first-order chi connectivity index (χ1) is 13.2. The van der Waals surface area contributed by atoms with E-state index in [1.807, 2.05) is 0 Å². The fourth-order valence-electron chi connectivity index (χ4n) is 3.87. The third-order valence-corrected chi connectivity index (χ3v) is 5.35. The van der Waals surface area contributed by atoms with Gasteiger partial charge in [0.2, 0.25) is 0 Å². The van der Waals surface area contributed by atoms with Crippen LogP contribution in [0.25, 0.3) is 0 Å². The standard InChI is InChI=1S/C23H30N2O2/c26-23(27)20-11-10-17-24(19-20)16-8-3-9-18-25(21-12-4-1-5-13-21)22-14-6-2-7-15-22/h1-2,4-7,12-15,20H,3,8-11,16-19H2,(H,26,27)/t20-/m1/s1. The van der Waals surface area contributed by atoms with Crippen LogP contribution >= 0.6 is 0 Å². The van der Waals surface area contributed by atoms with Crippen molar-refractivity contribution in [3.05, 3.63) is 60.7 Å². The van der Waals surface area contributed by atoms with Crippen molar-refractivity contribution < 1.29 is 9.90 Å². The number of hydrogen-bond donors (Lipinski definition) is 1. The summed E-state index contributed by atoms with van der Waals surface area (Å²) in [6.45, 7) is 3.77. The number of hydrogen-bond acceptors (Lipinski definition) is 3. The van der Waals surface area contributed by atoms with E-state index in [2.05, 4.69) is 70.5 Å². The molecule has 2 aromatic carbocycles. The Bertz CT molecular complexity index is 651. The summed E-state index contributed by atoms with van der Waals surface area (Å²) in [5.74, 6) is -0.813. The molecule has 144 valence electrons. The van der Waals surface area contributed by atoms with Gasteiger partial charge >= 0.3 is 5.97 Å². The smallest absolute Gasteiger partial charge is 0.307 e. The average molecular weight is 367 g/mol. The second kappa shape index (κ2) is 10.1. The summed E-state index contributed by atoms with van der Waals surface area (Å²) >= 11 is 0. The first-order valence-corrected chi connectivity index (χ1v) is 10.1. The number of anilines is 2. The Morgan fingerprint density at radius 3 is 2.19 bits per heavy atom. The minimum atomic E-state index is -0.638. The van der Waals surface area contributed by atoms with Crippen LogP contribution in [0.2, 0.25) is 0 Å². The Hall–Kier alpha value is -2.33. The molecule has 4 heteroatoms. The van der Waals surface area contributed by atoms with Crippen molar-refractivity contribution in [2.24, 2.45) is 5.92 Å². The van der Waals surface area contributed by atoms with Crippen molar-refractivity contribution >= 4 is 17.3 Å². The van der Waals surface area contributed by atoms with Gasteiger partial charge in [0.15, 0.2) is 0 Å². The summed E-state index contributed by atoms with van der Waals surface area (Å²) in [5, 5.41) is 9.21. The fourth-order valence-corrected chi connectivity index (χ4v) is 3.87. The highest BCUT2D eigenvalue weighted by Crippen LogP contribution is 2.25. The molecule has 1 saturated heterocycles. The normalized spacial score (nSPS) is 17.6. The van der Waals surface area contributed by atoms with Crippen LogP contribution in [-0.2, 0) is 4.79 Å². The molecule has 4 nitrogen and oxygen atoms in total. The van der Waals surface area contributed by atoms with Gasteiger partial charge in [-0.1, -0.05) is 42.8 Å². The number of aliphatic carboxylic acids is 1. The van der Waals surface area contributed by atoms with Gasteiger partial charge in [-0.3, -0.25) is 4.79 Å². The number of carboxylic acids is 1.